The van der Waals surface area contributed by atoms with Crippen LogP contribution in [0, 0.1) is 0 Å². The van der Waals surface area contributed by atoms with Crippen molar-refractivity contribution < 1.29 is 8.42 Å². The second-order valence-corrected chi connectivity index (χ2v) is 9.38. The van der Waals surface area contributed by atoms with Crippen LogP contribution >= 0.6 is 0 Å². The zero-order valence-corrected chi connectivity index (χ0v) is 16.7. The van der Waals surface area contributed by atoms with E-state index in [-0.39, 0.29) is 17.5 Å². The number of benzene rings is 1. The molecule has 7 nitrogen and oxygen atoms in total. The molecular weight excluding hydrogens is 362 g/mol. The van der Waals surface area contributed by atoms with E-state index < -0.39 is 9.84 Å². The predicted molar refractivity (Wildman–Crippen MR) is 110 cm³/mol. The number of nitrogens with one attached hydrogen (secondary N) is 2. The van der Waals surface area contributed by atoms with Crippen molar-refractivity contribution in [1.29, 1.82) is 0 Å². The number of sulfone groups is 1. The Kier molecular flexibility index (Phi) is 6.28. The first kappa shape index (κ1) is 19.6. The highest BCUT2D eigenvalue weighted by Crippen LogP contribution is 2.23. The fourth-order valence-electron chi connectivity index (χ4n) is 3.07. The molecule has 2 N–H and O–H groups in total. The van der Waals surface area contributed by atoms with E-state index in [1.165, 1.54) is 0 Å². The number of hydrogen-bond acceptors (Lipinski definition) is 7. The molecule has 1 aromatic heterocycles. The number of nitrogens with zero attached hydrogens (tertiary/aromatic N) is 3. The van der Waals surface area contributed by atoms with Crippen LogP contribution in [0.3, 0.4) is 0 Å². The van der Waals surface area contributed by atoms with Crippen LogP contribution in [-0.4, -0.2) is 68.0 Å². The molecule has 0 aliphatic carbocycles. The second-order valence-electron chi connectivity index (χ2n) is 7.16. The number of aromatic nitrogens is 2. The minimum Gasteiger partial charge on any atom is -0.366 e. The van der Waals surface area contributed by atoms with Crippen molar-refractivity contribution in [3.8, 4) is 11.3 Å². The number of rotatable bonds is 8. The summed E-state index contributed by atoms with van der Waals surface area (Å²) in [6.45, 7) is 1.75. The molecule has 1 atom stereocenters. The van der Waals surface area contributed by atoms with Gasteiger partial charge in [-0.2, -0.15) is 4.98 Å². The Bertz CT molecular complexity index is 856. The highest BCUT2D eigenvalue weighted by Gasteiger charge is 2.28. The van der Waals surface area contributed by atoms with Crippen LogP contribution in [0.4, 0.5) is 11.8 Å². The van der Waals surface area contributed by atoms with Gasteiger partial charge in [-0.05, 0) is 33.5 Å². The Morgan fingerprint density at radius 2 is 1.96 bits per heavy atom. The SMILES string of the molecule is CN(C)CCCNc1nc(NC2CCS(=O)(=O)C2)cc(-c2ccccc2)n1. The van der Waals surface area contributed by atoms with Gasteiger partial charge in [0.1, 0.15) is 5.82 Å². The maximum absolute atomic E-state index is 11.7. The highest BCUT2D eigenvalue weighted by molar-refractivity contribution is 7.91. The quantitative estimate of drug-likeness (QED) is 0.669. The van der Waals surface area contributed by atoms with Gasteiger partial charge in [0, 0.05) is 24.2 Å². The lowest BCUT2D eigenvalue weighted by Gasteiger charge is -2.15. The fourth-order valence-corrected chi connectivity index (χ4v) is 4.74. The molecule has 2 heterocycles. The van der Waals surface area contributed by atoms with E-state index in [0.29, 0.717) is 18.2 Å². The molecule has 1 aliphatic heterocycles. The van der Waals surface area contributed by atoms with E-state index in [9.17, 15) is 8.42 Å². The molecule has 1 aromatic carbocycles. The summed E-state index contributed by atoms with van der Waals surface area (Å²) in [6.07, 6.45) is 1.59. The molecule has 146 valence electrons. The maximum atomic E-state index is 11.7. The molecule has 0 saturated carbocycles. The summed E-state index contributed by atoms with van der Waals surface area (Å²) in [4.78, 5) is 11.3. The molecule has 2 aromatic rings. The molecule has 3 rings (SSSR count). The molecule has 0 amide bonds. The third-order valence-corrected chi connectivity index (χ3v) is 6.21. The Morgan fingerprint density at radius 1 is 1.19 bits per heavy atom. The summed E-state index contributed by atoms with van der Waals surface area (Å²) in [7, 11) is 1.15. The van der Waals surface area contributed by atoms with Crippen molar-refractivity contribution >= 4 is 21.6 Å². The average Bonchev–Trinajstić information content (AvgIpc) is 2.97. The van der Waals surface area contributed by atoms with E-state index >= 15 is 0 Å². The second kappa shape index (κ2) is 8.67. The molecule has 27 heavy (non-hydrogen) atoms. The van der Waals surface area contributed by atoms with Crippen LogP contribution < -0.4 is 10.6 Å². The average molecular weight is 390 g/mol. The van der Waals surface area contributed by atoms with Crippen molar-refractivity contribution in [1.82, 2.24) is 14.9 Å². The zero-order valence-electron chi connectivity index (χ0n) is 15.9. The van der Waals surface area contributed by atoms with Crippen molar-refractivity contribution in [3.05, 3.63) is 36.4 Å². The minimum absolute atomic E-state index is 0.102. The predicted octanol–water partition coefficient (Wildman–Crippen LogP) is 2.11. The van der Waals surface area contributed by atoms with Gasteiger partial charge in [-0.1, -0.05) is 30.3 Å². The van der Waals surface area contributed by atoms with Gasteiger partial charge in [0.05, 0.1) is 17.2 Å². The number of anilines is 2. The summed E-state index contributed by atoms with van der Waals surface area (Å²) in [5.41, 5.74) is 1.81. The summed E-state index contributed by atoms with van der Waals surface area (Å²) in [5, 5.41) is 6.56. The fraction of sp³-hybridized carbons (Fsp3) is 0.474. The minimum atomic E-state index is -2.94. The van der Waals surface area contributed by atoms with Crippen LogP contribution in [0.25, 0.3) is 11.3 Å². The summed E-state index contributed by atoms with van der Waals surface area (Å²) >= 11 is 0. The van der Waals surface area contributed by atoms with Gasteiger partial charge in [0.15, 0.2) is 9.84 Å². The first-order valence-corrected chi connectivity index (χ1v) is 11.0. The number of hydrogen-bond donors (Lipinski definition) is 2. The normalized spacial score (nSPS) is 18.6. The van der Waals surface area contributed by atoms with Crippen molar-refractivity contribution in [2.24, 2.45) is 0 Å². The highest BCUT2D eigenvalue weighted by atomic mass is 32.2. The molecule has 8 heteroatoms. The monoisotopic (exact) mass is 389 g/mol. The van der Waals surface area contributed by atoms with E-state index in [2.05, 4.69) is 25.5 Å². The van der Waals surface area contributed by atoms with Gasteiger partial charge in [0.2, 0.25) is 5.95 Å². The molecule has 1 saturated heterocycles. The first-order chi connectivity index (χ1) is 12.9. The third-order valence-electron chi connectivity index (χ3n) is 4.45. The van der Waals surface area contributed by atoms with Gasteiger partial charge in [0.25, 0.3) is 0 Å². The van der Waals surface area contributed by atoms with Crippen molar-refractivity contribution in [3.63, 3.8) is 0 Å². The lowest BCUT2D eigenvalue weighted by atomic mass is 10.1. The van der Waals surface area contributed by atoms with E-state index in [1.54, 1.807) is 0 Å². The van der Waals surface area contributed by atoms with Crippen molar-refractivity contribution in [2.45, 2.75) is 18.9 Å². The molecule has 1 unspecified atom stereocenters. The summed E-state index contributed by atoms with van der Waals surface area (Å²) in [5.74, 6) is 1.60. The third kappa shape index (κ3) is 5.90. The molecule has 0 radical (unpaired) electrons. The van der Waals surface area contributed by atoms with Gasteiger partial charge in [-0.15, -0.1) is 0 Å². The van der Waals surface area contributed by atoms with E-state index in [4.69, 9.17) is 0 Å². The van der Waals surface area contributed by atoms with Crippen molar-refractivity contribution in [2.75, 3.05) is 49.3 Å². The molecule has 1 fully saturated rings. The Balaban J connectivity index is 1.78. The molecular formula is C19H27N5O2S. The topological polar surface area (TPSA) is 87.2 Å². The van der Waals surface area contributed by atoms with Crippen LogP contribution in [-0.2, 0) is 9.84 Å². The first-order valence-electron chi connectivity index (χ1n) is 9.21. The largest absolute Gasteiger partial charge is 0.366 e. The van der Waals surface area contributed by atoms with Gasteiger partial charge in [-0.25, -0.2) is 13.4 Å². The standard InChI is InChI=1S/C19H27N5O2S/c1-24(2)11-6-10-20-19-22-17(15-7-4-3-5-8-15)13-18(23-19)21-16-9-12-27(25,26)14-16/h3-5,7-8,13,16H,6,9-12,14H2,1-2H3,(H2,20,21,22,23). The van der Waals surface area contributed by atoms with Crippen LogP contribution in [0.15, 0.2) is 36.4 Å². The lowest BCUT2D eigenvalue weighted by molar-refractivity contribution is 0.405. The summed E-state index contributed by atoms with van der Waals surface area (Å²) < 4.78 is 23.5. The maximum Gasteiger partial charge on any atom is 0.225 e. The molecule has 0 bridgehead atoms. The Labute approximate surface area is 161 Å². The van der Waals surface area contributed by atoms with Gasteiger partial charge < -0.3 is 15.5 Å². The molecule has 0 spiro atoms. The lowest BCUT2D eigenvalue weighted by Crippen LogP contribution is -2.22. The van der Waals surface area contributed by atoms with Gasteiger partial charge >= 0.3 is 0 Å². The van der Waals surface area contributed by atoms with E-state index in [1.807, 2.05) is 50.5 Å². The van der Waals surface area contributed by atoms with Crippen LogP contribution in [0.1, 0.15) is 12.8 Å². The smallest absolute Gasteiger partial charge is 0.225 e. The zero-order chi connectivity index (χ0) is 19.3. The Hall–Kier alpha value is -2.19. The van der Waals surface area contributed by atoms with E-state index in [0.717, 1.165) is 30.8 Å². The van der Waals surface area contributed by atoms with Crippen LogP contribution in [0.5, 0.6) is 0 Å². The van der Waals surface area contributed by atoms with Gasteiger partial charge in [-0.3, -0.25) is 0 Å². The van der Waals surface area contributed by atoms with Crippen LogP contribution in [0.2, 0.25) is 0 Å². The Morgan fingerprint density at radius 3 is 2.63 bits per heavy atom. The summed E-state index contributed by atoms with van der Waals surface area (Å²) in [6, 6.07) is 11.7. The molecule has 1 aliphatic rings.